The molecule has 0 fully saturated rings. The van der Waals surface area contributed by atoms with Gasteiger partial charge in [0.05, 0.1) is 18.1 Å². The highest BCUT2D eigenvalue weighted by Crippen LogP contribution is 2.17. The summed E-state index contributed by atoms with van der Waals surface area (Å²) in [6.45, 7) is 1.43. The summed E-state index contributed by atoms with van der Waals surface area (Å²) in [5.74, 6) is 0.00128. The van der Waals surface area contributed by atoms with Crippen molar-refractivity contribution >= 4 is 5.91 Å². The molecule has 0 saturated carbocycles. The number of hydrogen-bond acceptors (Lipinski definition) is 3. The molecule has 2 rings (SSSR count). The zero-order valence-corrected chi connectivity index (χ0v) is 14.7. The number of alkyl halides is 2. The monoisotopic (exact) mass is 358 g/mol. The van der Waals surface area contributed by atoms with Crippen LogP contribution < -0.4 is 4.74 Å². The molecule has 2 aromatic carbocycles. The molecule has 0 bridgehead atoms. The summed E-state index contributed by atoms with van der Waals surface area (Å²) >= 11 is 0. The largest absolute Gasteiger partial charge is 0.435 e. The van der Waals surface area contributed by atoms with Crippen LogP contribution in [0.1, 0.15) is 30.5 Å². The van der Waals surface area contributed by atoms with Crippen molar-refractivity contribution in [2.45, 2.75) is 39.5 Å². The third-order valence-electron chi connectivity index (χ3n) is 3.88. The van der Waals surface area contributed by atoms with E-state index in [1.54, 1.807) is 29.2 Å². The molecule has 0 aromatic heterocycles. The van der Waals surface area contributed by atoms with Gasteiger partial charge in [0, 0.05) is 12.6 Å². The third-order valence-corrected chi connectivity index (χ3v) is 3.88. The van der Waals surface area contributed by atoms with E-state index in [2.05, 4.69) is 10.8 Å². The van der Waals surface area contributed by atoms with E-state index in [0.29, 0.717) is 12.1 Å². The number of carbonyl (C=O) groups is 1. The van der Waals surface area contributed by atoms with Crippen LogP contribution in [-0.4, -0.2) is 23.5 Å². The van der Waals surface area contributed by atoms with Crippen molar-refractivity contribution in [3.8, 4) is 11.8 Å². The Bertz CT molecular complexity index is 766. The first kappa shape index (κ1) is 19.4. The van der Waals surface area contributed by atoms with Gasteiger partial charge in [-0.15, -0.1) is 0 Å². The molecule has 0 aliphatic heterocycles. The topological polar surface area (TPSA) is 53.3 Å². The Labute approximate surface area is 151 Å². The number of amides is 1. The molecule has 0 radical (unpaired) electrons. The van der Waals surface area contributed by atoms with Crippen molar-refractivity contribution in [3.05, 3.63) is 65.2 Å². The van der Waals surface area contributed by atoms with E-state index in [4.69, 9.17) is 5.26 Å². The number of nitriles is 1. The SMILES string of the molecule is CC(C)N(Cc1ccc(C#N)cc1)C(=O)Cc1ccc(OC(F)F)cc1. The van der Waals surface area contributed by atoms with Gasteiger partial charge >= 0.3 is 6.61 Å². The Morgan fingerprint density at radius 2 is 1.65 bits per heavy atom. The van der Waals surface area contributed by atoms with Gasteiger partial charge in [0.25, 0.3) is 0 Å². The first-order valence-corrected chi connectivity index (χ1v) is 8.21. The maximum Gasteiger partial charge on any atom is 0.387 e. The number of nitrogens with zero attached hydrogens (tertiary/aromatic N) is 2. The van der Waals surface area contributed by atoms with Crippen LogP contribution in [0.2, 0.25) is 0 Å². The Morgan fingerprint density at radius 1 is 1.08 bits per heavy atom. The van der Waals surface area contributed by atoms with Crippen LogP contribution >= 0.6 is 0 Å². The second-order valence-corrected chi connectivity index (χ2v) is 6.12. The summed E-state index contributed by atoms with van der Waals surface area (Å²) in [7, 11) is 0. The lowest BCUT2D eigenvalue weighted by Gasteiger charge is -2.27. The van der Waals surface area contributed by atoms with Crippen LogP contribution in [0.5, 0.6) is 5.75 Å². The molecule has 0 spiro atoms. The number of benzene rings is 2. The molecule has 0 aliphatic carbocycles. The van der Waals surface area contributed by atoms with Crippen molar-refractivity contribution in [1.29, 1.82) is 5.26 Å². The van der Waals surface area contributed by atoms with Crippen LogP contribution in [0, 0.1) is 11.3 Å². The zero-order valence-electron chi connectivity index (χ0n) is 14.7. The van der Waals surface area contributed by atoms with Crippen molar-refractivity contribution in [1.82, 2.24) is 4.90 Å². The lowest BCUT2D eigenvalue weighted by atomic mass is 10.1. The quantitative estimate of drug-likeness (QED) is 0.747. The fraction of sp³-hybridized carbons (Fsp3) is 0.300. The van der Waals surface area contributed by atoms with Gasteiger partial charge < -0.3 is 9.64 Å². The second kappa shape index (κ2) is 8.95. The Hall–Kier alpha value is -2.94. The van der Waals surface area contributed by atoms with E-state index in [-0.39, 0.29) is 24.1 Å². The number of hydrogen-bond donors (Lipinski definition) is 0. The summed E-state index contributed by atoms with van der Waals surface area (Å²) in [6.07, 6.45) is 0.170. The maximum absolute atomic E-state index is 12.7. The molecule has 136 valence electrons. The van der Waals surface area contributed by atoms with Crippen molar-refractivity contribution < 1.29 is 18.3 Å². The van der Waals surface area contributed by atoms with Gasteiger partial charge in [-0.2, -0.15) is 14.0 Å². The molecule has 26 heavy (non-hydrogen) atoms. The summed E-state index contributed by atoms with van der Waals surface area (Å²) in [6, 6.07) is 15.2. The highest BCUT2D eigenvalue weighted by atomic mass is 19.3. The second-order valence-electron chi connectivity index (χ2n) is 6.12. The first-order valence-electron chi connectivity index (χ1n) is 8.21. The fourth-order valence-electron chi connectivity index (χ4n) is 2.51. The average Bonchev–Trinajstić information content (AvgIpc) is 2.61. The molecule has 0 N–H and O–H groups in total. The maximum atomic E-state index is 12.7. The van der Waals surface area contributed by atoms with Gasteiger partial charge in [-0.25, -0.2) is 0 Å². The van der Waals surface area contributed by atoms with Crippen molar-refractivity contribution in [2.24, 2.45) is 0 Å². The molecule has 6 heteroatoms. The third kappa shape index (κ3) is 5.55. The van der Waals surface area contributed by atoms with Gasteiger partial charge in [-0.3, -0.25) is 4.79 Å². The van der Waals surface area contributed by atoms with E-state index in [9.17, 15) is 13.6 Å². The Kier molecular flexibility index (Phi) is 6.67. The van der Waals surface area contributed by atoms with Gasteiger partial charge in [0.2, 0.25) is 5.91 Å². The van der Waals surface area contributed by atoms with Crippen LogP contribution in [0.15, 0.2) is 48.5 Å². The Morgan fingerprint density at radius 3 is 2.15 bits per heavy atom. The number of halogens is 2. The summed E-state index contributed by atoms with van der Waals surface area (Å²) < 4.78 is 28.7. The van der Waals surface area contributed by atoms with Gasteiger partial charge in [-0.1, -0.05) is 24.3 Å². The molecule has 2 aromatic rings. The molecule has 0 aliphatic rings. The number of ether oxygens (including phenoxy) is 1. The molecule has 0 atom stereocenters. The number of carbonyl (C=O) groups excluding carboxylic acids is 1. The minimum Gasteiger partial charge on any atom is -0.435 e. The normalized spacial score (nSPS) is 10.7. The van der Waals surface area contributed by atoms with Gasteiger partial charge in [0.1, 0.15) is 5.75 Å². The van der Waals surface area contributed by atoms with E-state index in [0.717, 1.165) is 11.1 Å². The average molecular weight is 358 g/mol. The smallest absolute Gasteiger partial charge is 0.387 e. The molecular weight excluding hydrogens is 338 g/mol. The lowest BCUT2D eigenvalue weighted by Crippen LogP contribution is -2.37. The molecule has 0 unspecified atom stereocenters. The standard InChI is InChI=1S/C20H20F2N2O2/c1-14(2)24(13-17-5-3-16(12-23)4-6-17)19(25)11-15-7-9-18(10-8-15)26-20(21)22/h3-10,14,20H,11,13H2,1-2H3. The van der Waals surface area contributed by atoms with Crippen LogP contribution in [0.4, 0.5) is 8.78 Å². The summed E-state index contributed by atoms with van der Waals surface area (Å²) in [4.78, 5) is 14.4. The van der Waals surface area contributed by atoms with Gasteiger partial charge in [0.15, 0.2) is 0 Å². The van der Waals surface area contributed by atoms with E-state index < -0.39 is 6.61 Å². The fourth-order valence-corrected chi connectivity index (χ4v) is 2.51. The Balaban J connectivity index is 2.04. The van der Waals surface area contributed by atoms with Crippen LogP contribution in [0.25, 0.3) is 0 Å². The predicted molar refractivity (Wildman–Crippen MR) is 93.6 cm³/mol. The van der Waals surface area contributed by atoms with Crippen molar-refractivity contribution in [2.75, 3.05) is 0 Å². The van der Waals surface area contributed by atoms with E-state index >= 15 is 0 Å². The minimum atomic E-state index is -2.87. The minimum absolute atomic E-state index is 0.000386. The lowest BCUT2D eigenvalue weighted by molar-refractivity contribution is -0.132. The van der Waals surface area contributed by atoms with Crippen molar-refractivity contribution in [3.63, 3.8) is 0 Å². The zero-order chi connectivity index (χ0) is 19.1. The molecule has 0 saturated heterocycles. The molecule has 1 amide bonds. The molecular formula is C20H20F2N2O2. The molecule has 4 nitrogen and oxygen atoms in total. The number of rotatable bonds is 7. The van der Waals surface area contributed by atoms with Crippen LogP contribution in [-0.2, 0) is 17.8 Å². The van der Waals surface area contributed by atoms with Gasteiger partial charge in [-0.05, 0) is 49.2 Å². The van der Waals surface area contributed by atoms with E-state index in [1.165, 1.54) is 12.1 Å². The summed E-state index contributed by atoms with van der Waals surface area (Å²) in [5.41, 5.74) is 2.23. The molecule has 0 heterocycles. The summed E-state index contributed by atoms with van der Waals surface area (Å²) in [5, 5.41) is 8.85. The van der Waals surface area contributed by atoms with Crippen LogP contribution in [0.3, 0.4) is 0 Å². The first-order chi connectivity index (χ1) is 12.4. The highest BCUT2D eigenvalue weighted by Gasteiger charge is 2.18. The highest BCUT2D eigenvalue weighted by molar-refractivity contribution is 5.79. The van der Waals surface area contributed by atoms with E-state index in [1.807, 2.05) is 26.0 Å². The predicted octanol–water partition coefficient (Wildman–Crippen LogP) is 4.14.